The van der Waals surface area contributed by atoms with Crippen molar-refractivity contribution in [3.8, 4) is 0 Å². The van der Waals surface area contributed by atoms with Crippen LogP contribution in [0.5, 0.6) is 0 Å². The highest BCUT2D eigenvalue weighted by Gasteiger charge is 2.45. The van der Waals surface area contributed by atoms with Gasteiger partial charge in [-0.15, -0.1) is 0 Å². The Kier molecular flexibility index (Phi) is 8.66. The average Bonchev–Trinajstić information content (AvgIpc) is 3.43. The summed E-state index contributed by atoms with van der Waals surface area (Å²) in [5.74, 6) is -0.388. The van der Waals surface area contributed by atoms with Crippen LogP contribution in [0.1, 0.15) is 49.8 Å². The summed E-state index contributed by atoms with van der Waals surface area (Å²) in [4.78, 5) is 40.6. The minimum atomic E-state index is -4.77. The van der Waals surface area contributed by atoms with E-state index in [1.54, 1.807) is 0 Å². The second-order valence-electron chi connectivity index (χ2n) is 10.2. The fourth-order valence-corrected chi connectivity index (χ4v) is 8.26. The van der Waals surface area contributed by atoms with Crippen LogP contribution in [-0.4, -0.2) is 75.2 Å². The van der Waals surface area contributed by atoms with E-state index in [2.05, 4.69) is 37.5 Å². The third kappa shape index (κ3) is 6.74. The van der Waals surface area contributed by atoms with Crippen molar-refractivity contribution in [2.45, 2.75) is 62.6 Å². The Morgan fingerprint density at radius 2 is 1.73 bits per heavy atom. The lowest BCUT2D eigenvalue weighted by Crippen LogP contribution is -2.37. The van der Waals surface area contributed by atoms with Crippen LogP contribution in [0.15, 0.2) is 30.6 Å². The minimum Gasteiger partial charge on any atom is -0.387 e. The van der Waals surface area contributed by atoms with Gasteiger partial charge in [0.2, 0.25) is 5.28 Å². The predicted octanol–water partition coefficient (Wildman–Crippen LogP) is 2.80. The maximum absolute atomic E-state index is 12.1. The van der Waals surface area contributed by atoms with Gasteiger partial charge in [-0.3, -0.25) is 13.7 Å². The van der Waals surface area contributed by atoms with Gasteiger partial charge in [-0.2, -0.15) is 9.97 Å². The van der Waals surface area contributed by atoms with E-state index in [0.717, 1.165) is 5.69 Å². The number of halogens is 1. The Labute approximate surface area is 234 Å². The van der Waals surface area contributed by atoms with Crippen molar-refractivity contribution in [3.05, 3.63) is 41.4 Å². The molecule has 17 heteroatoms. The maximum Gasteiger partial charge on any atom is 0.336 e. The highest BCUT2D eigenvalue weighted by atomic mass is 35.5. The molecule has 218 valence electrons. The summed E-state index contributed by atoms with van der Waals surface area (Å²) < 4.78 is 30.3. The predicted molar refractivity (Wildman–Crippen MR) is 147 cm³/mol. The van der Waals surface area contributed by atoms with Gasteiger partial charge in [-0.1, -0.05) is 31.4 Å². The lowest BCUT2D eigenvalue weighted by Gasteiger charge is -2.22. The third-order valence-corrected chi connectivity index (χ3v) is 11.0. The van der Waals surface area contributed by atoms with E-state index in [-0.39, 0.29) is 10.9 Å². The molecule has 40 heavy (non-hydrogen) atoms. The molecule has 1 aliphatic heterocycles. The second kappa shape index (κ2) is 11.7. The number of imidazole rings is 1. The van der Waals surface area contributed by atoms with Crippen molar-refractivity contribution < 1.29 is 38.8 Å². The van der Waals surface area contributed by atoms with Crippen molar-refractivity contribution in [1.29, 1.82) is 0 Å². The number of aliphatic hydroxyl groups excluding tert-OH is 2. The van der Waals surface area contributed by atoms with E-state index in [9.17, 15) is 24.2 Å². The summed E-state index contributed by atoms with van der Waals surface area (Å²) in [5.41, 5.74) is 2.61. The van der Waals surface area contributed by atoms with Crippen molar-refractivity contribution in [2.24, 2.45) is 0 Å². The first-order valence-corrected chi connectivity index (χ1v) is 16.8. The van der Waals surface area contributed by atoms with Crippen LogP contribution in [-0.2, 0) is 13.9 Å². The van der Waals surface area contributed by atoms with E-state index in [1.165, 1.54) is 48.6 Å². The number of rotatable bonds is 9. The summed E-state index contributed by atoms with van der Waals surface area (Å²) in [7, 11) is -9.21. The normalized spacial score (nSPS) is 25.8. The molecule has 1 aliphatic carbocycles. The molecule has 3 unspecified atom stereocenters. The molecule has 0 radical (unpaired) electrons. The van der Waals surface area contributed by atoms with Gasteiger partial charge in [-0.25, -0.2) is 10.1 Å². The van der Waals surface area contributed by atoms with Gasteiger partial charge in [-0.05, 0) is 48.1 Å². The zero-order valence-electron chi connectivity index (χ0n) is 21.2. The third-order valence-electron chi connectivity index (χ3n) is 7.17. The first kappa shape index (κ1) is 29.5. The summed E-state index contributed by atoms with van der Waals surface area (Å²) in [6.45, 7) is -0.464. The Hall–Kier alpha value is -1.96. The summed E-state index contributed by atoms with van der Waals surface area (Å²) in [5, 5.41) is 26.4. The van der Waals surface area contributed by atoms with E-state index in [1.807, 2.05) is 12.1 Å². The second-order valence-corrected chi connectivity index (χ2v) is 14.7. The first-order chi connectivity index (χ1) is 18.9. The molecule has 0 amide bonds. The molecule has 2 aromatic heterocycles. The summed E-state index contributed by atoms with van der Waals surface area (Å²) >= 11 is 6.21. The van der Waals surface area contributed by atoms with Gasteiger partial charge in [0.1, 0.15) is 24.2 Å². The van der Waals surface area contributed by atoms with Crippen LogP contribution in [0.4, 0.5) is 11.5 Å². The molecule has 3 heterocycles. The molecular formula is C23H31ClN6O8P2. The number of aliphatic hydroxyl groups is 2. The molecule has 5 atom stereocenters. The largest absolute Gasteiger partial charge is 0.387 e. The van der Waals surface area contributed by atoms with Crippen LogP contribution >= 0.6 is 26.7 Å². The Morgan fingerprint density at radius 1 is 1.02 bits per heavy atom. The van der Waals surface area contributed by atoms with Gasteiger partial charge < -0.3 is 34.9 Å². The summed E-state index contributed by atoms with van der Waals surface area (Å²) in [6.07, 6.45) is 2.15. The SMILES string of the molecule is O=P(O)(O)CP(=O)(O)NC[C@H]1O[C@@H](n2cnc3c(Nc4ccc(C5CCCCC5)cc4)nc(Cl)nc32)C(O)C1O. The van der Waals surface area contributed by atoms with Crippen molar-refractivity contribution in [3.63, 3.8) is 0 Å². The monoisotopic (exact) mass is 616 g/mol. The molecule has 0 bridgehead atoms. The molecule has 5 rings (SSSR count). The van der Waals surface area contributed by atoms with Gasteiger partial charge in [0.15, 0.2) is 23.2 Å². The Bertz CT molecular complexity index is 1450. The lowest BCUT2D eigenvalue weighted by molar-refractivity contribution is -0.0331. The number of nitrogens with one attached hydrogen (secondary N) is 2. The molecule has 2 fully saturated rings. The molecule has 1 aromatic carbocycles. The topological polar surface area (TPSA) is 212 Å². The number of fused-ring (bicyclic) bond motifs is 1. The fraction of sp³-hybridized carbons (Fsp3) is 0.522. The van der Waals surface area contributed by atoms with Gasteiger partial charge in [0.25, 0.3) is 7.52 Å². The van der Waals surface area contributed by atoms with Crippen molar-refractivity contribution in [2.75, 3.05) is 17.8 Å². The summed E-state index contributed by atoms with van der Waals surface area (Å²) in [6, 6.07) is 8.13. The van der Waals surface area contributed by atoms with Crippen LogP contribution in [0.25, 0.3) is 11.2 Å². The zero-order chi connectivity index (χ0) is 28.7. The van der Waals surface area contributed by atoms with Crippen LogP contribution < -0.4 is 10.4 Å². The number of aromatic nitrogens is 4. The Balaban J connectivity index is 1.33. The average molecular weight is 617 g/mol. The van der Waals surface area contributed by atoms with Crippen LogP contribution in [0, 0.1) is 0 Å². The molecule has 1 saturated heterocycles. The van der Waals surface area contributed by atoms with Gasteiger partial charge in [0, 0.05) is 12.2 Å². The fourth-order valence-electron chi connectivity index (χ4n) is 5.23. The van der Waals surface area contributed by atoms with Crippen LogP contribution in [0.2, 0.25) is 5.28 Å². The minimum absolute atomic E-state index is 0.0968. The maximum atomic E-state index is 12.1. The van der Waals surface area contributed by atoms with E-state index < -0.39 is 52.1 Å². The molecule has 3 aromatic rings. The standard InChI is InChI=1S/C23H31ClN6O8P2/c24-23-28-20(27-15-8-6-14(7-9-15)13-4-2-1-3-5-13)17-21(29-23)30(11-25-17)22-19(32)18(31)16(38-22)10-26-39(33,34)12-40(35,36)37/h6-9,11,13,16,18-19,22,31-32H,1-5,10,12H2,(H2,26,33,34)(H,27,28,29)(H2,35,36,37)/t16-,18?,19?,22-/m1/s1. The van der Waals surface area contributed by atoms with Crippen molar-refractivity contribution >= 4 is 49.4 Å². The lowest BCUT2D eigenvalue weighted by atomic mass is 9.84. The van der Waals surface area contributed by atoms with Gasteiger partial charge >= 0.3 is 7.60 Å². The molecule has 0 spiro atoms. The number of hydrogen-bond donors (Lipinski definition) is 7. The van der Waals surface area contributed by atoms with Crippen molar-refractivity contribution in [1.82, 2.24) is 24.6 Å². The number of anilines is 2. The molecular weight excluding hydrogens is 586 g/mol. The zero-order valence-corrected chi connectivity index (χ0v) is 23.8. The van der Waals surface area contributed by atoms with Crippen LogP contribution in [0.3, 0.4) is 0 Å². The van der Waals surface area contributed by atoms with Gasteiger partial charge in [0.05, 0.1) is 6.33 Å². The highest BCUT2D eigenvalue weighted by molar-refractivity contribution is 7.71. The smallest absolute Gasteiger partial charge is 0.336 e. The first-order valence-electron chi connectivity index (χ1n) is 12.8. The number of ether oxygens (including phenoxy) is 1. The van der Waals surface area contributed by atoms with E-state index in [0.29, 0.717) is 17.3 Å². The highest BCUT2D eigenvalue weighted by Crippen LogP contribution is 2.52. The molecule has 7 N–H and O–H groups in total. The molecule has 2 aliphatic rings. The number of hydrogen-bond acceptors (Lipinski definition) is 9. The van der Waals surface area contributed by atoms with E-state index in [4.69, 9.17) is 26.1 Å². The quantitative estimate of drug-likeness (QED) is 0.136. The van der Waals surface area contributed by atoms with E-state index >= 15 is 0 Å². The number of nitrogens with zero attached hydrogens (tertiary/aromatic N) is 4. The Morgan fingerprint density at radius 3 is 2.40 bits per heavy atom. The molecule has 1 saturated carbocycles. The number of benzene rings is 1. The molecule has 14 nitrogen and oxygen atoms in total.